The molecule has 2 aromatic rings. The predicted octanol–water partition coefficient (Wildman–Crippen LogP) is 4.68. The molecule has 0 bridgehead atoms. The molecule has 0 aliphatic carbocycles. The summed E-state index contributed by atoms with van der Waals surface area (Å²) < 4.78 is 26.6. The van der Waals surface area contributed by atoms with Crippen molar-refractivity contribution in [1.82, 2.24) is 4.90 Å². The number of benzene rings is 2. The number of halogens is 1. The lowest BCUT2D eigenvalue weighted by atomic mass is 10.1. The van der Waals surface area contributed by atoms with E-state index in [-0.39, 0.29) is 9.80 Å². The van der Waals surface area contributed by atoms with Crippen LogP contribution in [0.4, 0.5) is 11.4 Å². The average molecular weight is 431 g/mol. The van der Waals surface area contributed by atoms with Crippen molar-refractivity contribution in [1.29, 1.82) is 0 Å². The molecule has 1 fully saturated rings. The van der Waals surface area contributed by atoms with Crippen molar-refractivity contribution < 1.29 is 13.2 Å². The fourth-order valence-electron chi connectivity index (χ4n) is 3.81. The minimum Gasteiger partial charge on any atom is -0.338 e. The van der Waals surface area contributed by atoms with E-state index in [9.17, 15) is 13.2 Å². The number of sulfone groups is 1. The van der Waals surface area contributed by atoms with Crippen LogP contribution in [0, 0.1) is 0 Å². The molecule has 2 aromatic carbocycles. The molecule has 0 atom stereocenters. The number of likely N-dealkylation sites (tertiary alicyclic amines) is 1. The highest BCUT2D eigenvalue weighted by molar-refractivity contribution is 7.96. The third-order valence-corrected chi connectivity index (χ3v) is 7.50. The summed E-state index contributed by atoms with van der Waals surface area (Å²) in [4.78, 5) is 16.5. The zero-order valence-corrected chi connectivity index (χ0v) is 17.8. The highest BCUT2D eigenvalue weighted by Gasteiger charge is 2.38. The number of hydrogen-bond acceptors (Lipinski definition) is 4. The summed E-state index contributed by atoms with van der Waals surface area (Å²) in [7, 11) is -3.93. The Hall–Kier alpha value is -2.31. The van der Waals surface area contributed by atoms with Crippen molar-refractivity contribution in [3.63, 3.8) is 0 Å². The van der Waals surface area contributed by atoms with E-state index < -0.39 is 15.7 Å². The first-order chi connectivity index (χ1) is 13.9. The Balaban J connectivity index is 1.85. The van der Waals surface area contributed by atoms with Crippen molar-refractivity contribution in [3.8, 4) is 0 Å². The number of piperidine rings is 1. The van der Waals surface area contributed by atoms with Gasteiger partial charge in [-0.2, -0.15) is 0 Å². The number of fused-ring (bicyclic) bond motifs is 1. The summed E-state index contributed by atoms with van der Waals surface area (Å²) in [6.45, 7) is 3.25. The van der Waals surface area contributed by atoms with Crippen LogP contribution >= 0.6 is 11.6 Å². The van der Waals surface area contributed by atoms with Gasteiger partial charge in [0.15, 0.2) is 4.91 Å². The molecule has 29 heavy (non-hydrogen) atoms. The smallest absolute Gasteiger partial charge is 0.267 e. The first-order valence-corrected chi connectivity index (χ1v) is 11.7. The molecule has 0 unspecified atom stereocenters. The Labute approximate surface area is 176 Å². The van der Waals surface area contributed by atoms with Crippen LogP contribution in [0.15, 0.2) is 58.5 Å². The van der Waals surface area contributed by atoms with Gasteiger partial charge in [0, 0.05) is 30.0 Å². The zero-order valence-electron chi connectivity index (χ0n) is 16.3. The number of carbonyl (C=O) groups is 1. The van der Waals surface area contributed by atoms with Crippen LogP contribution in [0.5, 0.6) is 0 Å². The van der Waals surface area contributed by atoms with Gasteiger partial charge in [0.25, 0.3) is 5.91 Å². The summed E-state index contributed by atoms with van der Waals surface area (Å²) in [5, 5.41) is 0.438. The first kappa shape index (κ1) is 20.0. The number of rotatable bonds is 3. The van der Waals surface area contributed by atoms with Crippen LogP contribution in [0.25, 0.3) is 0 Å². The van der Waals surface area contributed by atoms with Gasteiger partial charge >= 0.3 is 0 Å². The minimum absolute atomic E-state index is 0.101. The van der Waals surface area contributed by atoms with E-state index in [1.807, 2.05) is 24.3 Å². The molecule has 7 heteroatoms. The molecule has 0 N–H and O–H groups in total. The molecule has 0 aromatic heterocycles. The lowest BCUT2D eigenvalue weighted by molar-refractivity contribution is -0.127. The molecular formula is C22H23ClN2O3S. The van der Waals surface area contributed by atoms with E-state index in [1.165, 1.54) is 17.8 Å². The maximum absolute atomic E-state index is 13.3. The molecular weight excluding hydrogens is 408 g/mol. The van der Waals surface area contributed by atoms with Crippen molar-refractivity contribution >= 4 is 38.7 Å². The molecule has 0 saturated carbocycles. The van der Waals surface area contributed by atoms with Gasteiger partial charge in [-0.3, -0.25) is 4.79 Å². The lowest BCUT2D eigenvalue weighted by Crippen LogP contribution is -2.39. The Kier molecular flexibility index (Phi) is 5.40. The second kappa shape index (κ2) is 7.84. The standard InChI is InChI=1S/C22H23ClN2O3S/c1-2-16-6-9-18(10-7-16)25-15-21(22(26)24-12-4-3-5-13-24)29(27,28)20-11-8-17(23)14-19(20)25/h6-11,14-15H,2-5,12-13H2,1H3. The highest BCUT2D eigenvalue weighted by atomic mass is 35.5. The largest absolute Gasteiger partial charge is 0.338 e. The van der Waals surface area contributed by atoms with Crippen LogP contribution in [0.1, 0.15) is 31.7 Å². The van der Waals surface area contributed by atoms with Crippen LogP contribution in [-0.4, -0.2) is 32.3 Å². The SMILES string of the molecule is CCc1ccc(N2C=C(C(=O)N3CCCCC3)S(=O)(=O)c3ccc(Cl)cc32)cc1. The second-order valence-electron chi connectivity index (χ2n) is 7.35. The topological polar surface area (TPSA) is 57.7 Å². The fourth-order valence-corrected chi connectivity index (χ4v) is 5.50. The summed E-state index contributed by atoms with van der Waals surface area (Å²) in [6.07, 6.45) is 5.21. The fraction of sp³-hybridized carbons (Fsp3) is 0.318. The number of hydrogen-bond donors (Lipinski definition) is 0. The van der Waals surface area contributed by atoms with Gasteiger partial charge in [-0.15, -0.1) is 0 Å². The Morgan fingerprint density at radius 2 is 1.72 bits per heavy atom. The zero-order chi connectivity index (χ0) is 20.6. The lowest BCUT2D eigenvalue weighted by Gasteiger charge is -2.32. The summed E-state index contributed by atoms with van der Waals surface area (Å²) >= 11 is 6.17. The van der Waals surface area contributed by atoms with E-state index in [0.717, 1.165) is 31.4 Å². The van der Waals surface area contributed by atoms with E-state index >= 15 is 0 Å². The molecule has 1 saturated heterocycles. The number of nitrogens with zero attached hydrogens (tertiary/aromatic N) is 2. The van der Waals surface area contributed by atoms with Gasteiger partial charge in [-0.25, -0.2) is 8.42 Å². The Morgan fingerprint density at radius 1 is 1.03 bits per heavy atom. The average Bonchev–Trinajstić information content (AvgIpc) is 2.74. The van der Waals surface area contributed by atoms with Gasteiger partial charge in [-0.05, 0) is 61.6 Å². The Morgan fingerprint density at radius 3 is 2.38 bits per heavy atom. The molecule has 5 nitrogen and oxygen atoms in total. The van der Waals surface area contributed by atoms with E-state index in [4.69, 9.17) is 11.6 Å². The van der Waals surface area contributed by atoms with Gasteiger partial charge in [0.05, 0.1) is 10.6 Å². The minimum atomic E-state index is -3.93. The van der Waals surface area contributed by atoms with E-state index in [2.05, 4.69) is 6.92 Å². The van der Waals surface area contributed by atoms with Crippen LogP contribution in [-0.2, 0) is 21.1 Å². The number of amides is 1. The summed E-state index contributed by atoms with van der Waals surface area (Å²) in [5.41, 5.74) is 2.42. The van der Waals surface area contributed by atoms with Gasteiger partial charge in [0.1, 0.15) is 0 Å². The van der Waals surface area contributed by atoms with E-state index in [0.29, 0.717) is 23.8 Å². The second-order valence-corrected chi connectivity index (χ2v) is 9.67. The molecule has 4 rings (SSSR count). The van der Waals surface area contributed by atoms with Crippen molar-refractivity contribution in [2.24, 2.45) is 0 Å². The van der Waals surface area contributed by atoms with Gasteiger partial charge in [-0.1, -0.05) is 30.7 Å². The third kappa shape index (κ3) is 3.67. The molecule has 0 radical (unpaired) electrons. The first-order valence-electron chi connectivity index (χ1n) is 9.85. The molecule has 0 spiro atoms. The molecule has 2 aliphatic heterocycles. The summed E-state index contributed by atoms with van der Waals surface area (Å²) in [5.74, 6) is -0.430. The monoisotopic (exact) mass is 430 g/mol. The van der Waals surface area contributed by atoms with Crippen LogP contribution < -0.4 is 4.90 Å². The van der Waals surface area contributed by atoms with Crippen molar-refractivity contribution in [2.45, 2.75) is 37.5 Å². The van der Waals surface area contributed by atoms with Crippen molar-refractivity contribution in [3.05, 3.63) is 64.2 Å². The normalized spacial score (nSPS) is 18.2. The number of carbonyl (C=O) groups excluding carboxylic acids is 1. The van der Waals surface area contributed by atoms with Crippen LogP contribution in [0.2, 0.25) is 5.02 Å². The predicted molar refractivity (Wildman–Crippen MR) is 115 cm³/mol. The molecule has 2 heterocycles. The van der Waals surface area contributed by atoms with Gasteiger partial charge in [0.2, 0.25) is 9.84 Å². The Bertz CT molecular complexity index is 1070. The van der Waals surface area contributed by atoms with Crippen molar-refractivity contribution in [2.75, 3.05) is 18.0 Å². The van der Waals surface area contributed by atoms with E-state index in [1.54, 1.807) is 21.9 Å². The maximum atomic E-state index is 13.3. The molecule has 152 valence electrons. The maximum Gasteiger partial charge on any atom is 0.267 e. The van der Waals surface area contributed by atoms with Gasteiger partial charge < -0.3 is 9.80 Å². The molecule has 2 aliphatic rings. The number of anilines is 2. The highest BCUT2D eigenvalue weighted by Crippen LogP contribution is 2.41. The molecule has 1 amide bonds. The third-order valence-electron chi connectivity index (χ3n) is 5.48. The quantitative estimate of drug-likeness (QED) is 0.709. The van der Waals surface area contributed by atoms with Crippen LogP contribution in [0.3, 0.4) is 0 Å². The summed E-state index contributed by atoms with van der Waals surface area (Å²) in [6, 6.07) is 12.5. The number of aryl methyl sites for hydroxylation is 1.